The molecule has 0 aliphatic heterocycles. The molecule has 1 fully saturated rings. The first-order valence-electron chi connectivity index (χ1n) is 5.73. The van der Waals surface area contributed by atoms with Gasteiger partial charge >= 0.3 is 0 Å². The predicted octanol–water partition coefficient (Wildman–Crippen LogP) is 0.732. The number of nitrogens with one attached hydrogen (secondary N) is 1. The van der Waals surface area contributed by atoms with Crippen LogP contribution in [0.5, 0.6) is 0 Å². The molecule has 0 aromatic carbocycles. The van der Waals surface area contributed by atoms with Gasteiger partial charge in [0.15, 0.2) is 0 Å². The van der Waals surface area contributed by atoms with Gasteiger partial charge in [0.25, 0.3) is 0 Å². The Kier molecular flexibility index (Phi) is 5.19. The fraction of sp³-hybridized carbons (Fsp3) is 0.667. The molecule has 0 atom stereocenters. The molecule has 90 valence electrons. The van der Waals surface area contributed by atoms with Crippen molar-refractivity contribution in [2.75, 3.05) is 20.1 Å². The quantitative estimate of drug-likeness (QED) is 0.700. The number of hydrogen-bond acceptors (Lipinski definition) is 3. The van der Waals surface area contributed by atoms with E-state index in [1.165, 1.54) is 0 Å². The molecule has 0 saturated heterocycles. The van der Waals surface area contributed by atoms with Gasteiger partial charge in [-0.2, -0.15) is 0 Å². The number of ketones is 1. The predicted molar refractivity (Wildman–Crippen MR) is 63.1 cm³/mol. The molecule has 0 aromatic rings. The number of rotatable bonds is 5. The number of nitrogens with zero attached hydrogens (tertiary/aromatic N) is 1. The molecule has 4 nitrogen and oxygen atoms in total. The third-order valence-electron chi connectivity index (χ3n) is 2.97. The number of carbonyl (C=O) groups excluding carboxylic acids is 2. The molecule has 1 amide bonds. The number of Topliss-reactive ketones (excluding diaryl/α,β-unsaturated/α-hetero) is 1. The monoisotopic (exact) mass is 224 g/mol. The normalized spacial score (nSPS) is 17.5. The van der Waals surface area contributed by atoms with Crippen LogP contribution in [0.15, 0.2) is 12.7 Å². The van der Waals surface area contributed by atoms with Crippen molar-refractivity contribution in [1.29, 1.82) is 0 Å². The van der Waals surface area contributed by atoms with Gasteiger partial charge in [-0.25, -0.2) is 0 Å². The zero-order valence-electron chi connectivity index (χ0n) is 9.87. The molecule has 0 unspecified atom stereocenters. The Labute approximate surface area is 96.7 Å². The summed E-state index contributed by atoms with van der Waals surface area (Å²) in [5, 5.41) is 2.75. The van der Waals surface area contributed by atoms with Crippen molar-refractivity contribution >= 4 is 11.7 Å². The Morgan fingerprint density at radius 1 is 1.56 bits per heavy atom. The highest BCUT2D eigenvalue weighted by Crippen LogP contribution is 2.18. The van der Waals surface area contributed by atoms with Gasteiger partial charge < -0.3 is 5.32 Å². The average molecular weight is 224 g/mol. The summed E-state index contributed by atoms with van der Waals surface area (Å²) < 4.78 is 0. The Balaban J connectivity index is 2.28. The van der Waals surface area contributed by atoms with Crippen molar-refractivity contribution < 1.29 is 9.59 Å². The lowest BCUT2D eigenvalue weighted by molar-refractivity contribution is -0.123. The Bertz CT molecular complexity index is 266. The van der Waals surface area contributed by atoms with E-state index in [-0.39, 0.29) is 5.91 Å². The second kappa shape index (κ2) is 6.43. The van der Waals surface area contributed by atoms with Crippen LogP contribution in [0.1, 0.15) is 25.7 Å². The number of carbonyl (C=O) groups is 2. The first kappa shape index (κ1) is 12.9. The van der Waals surface area contributed by atoms with Gasteiger partial charge in [0.2, 0.25) is 5.91 Å². The van der Waals surface area contributed by atoms with E-state index in [0.29, 0.717) is 37.8 Å². The van der Waals surface area contributed by atoms with Crippen LogP contribution in [0.4, 0.5) is 0 Å². The summed E-state index contributed by atoms with van der Waals surface area (Å²) in [5.74, 6) is 0.361. The van der Waals surface area contributed by atoms with Gasteiger partial charge in [-0.05, 0) is 19.9 Å². The lowest BCUT2D eigenvalue weighted by atomic mass is 9.93. The summed E-state index contributed by atoms with van der Waals surface area (Å²) in [5.41, 5.74) is 0. The fourth-order valence-electron chi connectivity index (χ4n) is 1.96. The SMILES string of the molecule is C=CCNC(=O)CN(C)C1CCC(=O)CC1. The summed E-state index contributed by atoms with van der Waals surface area (Å²) in [6, 6.07) is 0.368. The lowest BCUT2D eigenvalue weighted by Crippen LogP contribution is -2.42. The highest BCUT2D eigenvalue weighted by molar-refractivity contribution is 5.79. The molecule has 0 heterocycles. The van der Waals surface area contributed by atoms with Crippen LogP contribution in [-0.2, 0) is 9.59 Å². The smallest absolute Gasteiger partial charge is 0.234 e. The zero-order valence-corrected chi connectivity index (χ0v) is 9.87. The summed E-state index contributed by atoms with van der Waals surface area (Å²) >= 11 is 0. The molecule has 1 aliphatic rings. The van der Waals surface area contributed by atoms with Crippen molar-refractivity contribution in [2.45, 2.75) is 31.7 Å². The zero-order chi connectivity index (χ0) is 12.0. The highest BCUT2D eigenvalue weighted by atomic mass is 16.2. The van der Waals surface area contributed by atoms with Gasteiger partial charge in [0, 0.05) is 25.4 Å². The Morgan fingerprint density at radius 2 is 2.19 bits per heavy atom. The van der Waals surface area contributed by atoms with Crippen molar-refractivity contribution in [2.24, 2.45) is 0 Å². The summed E-state index contributed by atoms with van der Waals surface area (Å²) in [6.07, 6.45) is 4.73. The maximum Gasteiger partial charge on any atom is 0.234 e. The maximum atomic E-state index is 11.5. The van der Waals surface area contributed by atoms with Crippen LogP contribution in [0, 0.1) is 0 Å². The summed E-state index contributed by atoms with van der Waals surface area (Å²) in [4.78, 5) is 24.6. The van der Waals surface area contributed by atoms with Gasteiger partial charge in [-0.15, -0.1) is 6.58 Å². The molecule has 1 saturated carbocycles. The molecule has 1 N–H and O–H groups in total. The number of hydrogen-bond donors (Lipinski definition) is 1. The van der Waals surface area contributed by atoms with Crippen LogP contribution in [0.3, 0.4) is 0 Å². The van der Waals surface area contributed by atoms with Crippen molar-refractivity contribution in [3.63, 3.8) is 0 Å². The van der Waals surface area contributed by atoms with E-state index >= 15 is 0 Å². The van der Waals surface area contributed by atoms with Crippen molar-refractivity contribution in [3.8, 4) is 0 Å². The number of amides is 1. The summed E-state index contributed by atoms with van der Waals surface area (Å²) in [6.45, 7) is 4.45. The third kappa shape index (κ3) is 4.14. The van der Waals surface area contributed by atoms with Crippen molar-refractivity contribution in [3.05, 3.63) is 12.7 Å². The van der Waals surface area contributed by atoms with E-state index in [0.717, 1.165) is 12.8 Å². The fourth-order valence-corrected chi connectivity index (χ4v) is 1.96. The van der Waals surface area contributed by atoms with E-state index < -0.39 is 0 Å². The molecule has 1 aliphatic carbocycles. The van der Waals surface area contributed by atoms with Crippen LogP contribution in [-0.4, -0.2) is 42.8 Å². The minimum atomic E-state index is 0.0132. The van der Waals surface area contributed by atoms with Crippen LogP contribution >= 0.6 is 0 Å². The van der Waals surface area contributed by atoms with E-state index in [1.54, 1.807) is 6.08 Å². The van der Waals surface area contributed by atoms with Gasteiger partial charge in [-0.1, -0.05) is 6.08 Å². The molecule has 0 radical (unpaired) electrons. The maximum absolute atomic E-state index is 11.5. The molecule has 0 bridgehead atoms. The minimum absolute atomic E-state index is 0.0132. The largest absolute Gasteiger partial charge is 0.352 e. The minimum Gasteiger partial charge on any atom is -0.352 e. The second-order valence-corrected chi connectivity index (χ2v) is 4.28. The first-order valence-corrected chi connectivity index (χ1v) is 5.73. The topological polar surface area (TPSA) is 49.4 Å². The molecular weight excluding hydrogens is 204 g/mol. The van der Waals surface area contributed by atoms with E-state index in [2.05, 4.69) is 11.9 Å². The molecular formula is C12H20N2O2. The molecule has 1 rings (SSSR count). The van der Waals surface area contributed by atoms with Gasteiger partial charge in [0.05, 0.1) is 6.54 Å². The third-order valence-corrected chi connectivity index (χ3v) is 2.97. The first-order chi connectivity index (χ1) is 7.63. The number of likely N-dealkylation sites (N-methyl/N-ethyl adjacent to an activating group) is 1. The van der Waals surface area contributed by atoms with Gasteiger partial charge in [-0.3, -0.25) is 14.5 Å². The molecule has 0 spiro atoms. The van der Waals surface area contributed by atoms with Crippen LogP contribution in [0.25, 0.3) is 0 Å². The lowest BCUT2D eigenvalue weighted by Gasteiger charge is -2.30. The average Bonchev–Trinajstić information content (AvgIpc) is 2.27. The molecule has 16 heavy (non-hydrogen) atoms. The summed E-state index contributed by atoms with van der Waals surface area (Å²) in [7, 11) is 1.94. The highest BCUT2D eigenvalue weighted by Gasteiger charge is 2.23. The van der Waals surface area contributed by atoms with E-state index in [1.807, 2.05) is 11.9 Å². The van der Waals surface area contributed by atoms with E-state index in [9.17, 15) is 9.59 Å². The van der Waals surface area contributed by atoms with E-state index in [4.69, 9.17) is 0 Å². The van der Waals surface area contributed by atoms with Crippen LogP contribution in [0.2, 0.25) is 0 Å². The second-order valence-electron chi connectivity index (χ2n) is 4.28. The van der Waals surface area contributed by atoms with Crippen molar-refractivity contribution in [1.82, 2.24) is 10.2 Å². The Hall–Kier alpha value is -1.16. The van der Waals surface area contributed by atoms with Gasteiger partial charge in [0.1, 0.15) is 5.78 Å². The Morgan fingerprint density at radius 3 is 2.75 bits per heavy atom. The molecule has 0 aromatic heterocycles. The molecule has 4 heteroatoms. The standard InChI is InChI=1S/C12H20N2O2/c1-3-8-13-12(16)9-14(2)10-4-6-11(15)7-5-10/h3,10H,1,4-9H2,2H3,(H,13,16). The van der Waals surface area contributed by atoms with Crippen LogP contribution < -0.4 is 5.32 Å².